The Morgan fingerprint density at radius 2 is 2.00 bits per heavy atom. The van der Waals surface area contributed by atoms with E-state index in [1.54, 1.807) is 42.1 Å². The Kier molecular flexibility index (Phi) is 4.86. The van der Waals surface area contributed by atoms with Gasteiger partial charge in [0.1, 0.15) is 9.88 Å². The van der Waals surface area contributed by atoms with Crippen LogP contribution < -0.4 is 10.6 Å². The molecule has 0 aliphatic carbocycles. The number of carbonyl (C=O) groups is 1. The quantitative estimate of drug-likeness (QED) is 0.872. The zero-order valence-corrected chi connectivity index (χ0v) is 14.2. The third kappa shape index (κ3) is 2.91. The Hall–Kier alpha value is -0.880. The second-order valence-corrected chi connectivity index (χ2v) is 7.37. The third-order valence-electron chi connectivity index (χ3n) is 3.76. The molecule has 1 aromatic rings. The van der Waals surface area contributed by atoms with E-state index >= 15 is 0 Å². The fourth-order valence-corrected chi connectivity index (χ4v) is 4.65. The van der Waals surface area contributed by atoms with Crippen molar-refractivity contribution in [1.82, 2.24) is 4.90 Å². The summed E-state index contributed by atoms with van der Waals surface area (Å²) >= 11 is 3.18. The van der Waals surface area contributed by atoms with Crippen molar-refractivity contribution >= 4 is 39.7 Å². The molecule has 0 atom stereocenters. The van der Waals surface area contributed by atoms with Crippen LogP contribution in [0.15, 0.2) is 4.90 Å². The van der Waals surface area contributed by atoms with E-state index in [2.05, 4.69) is 11.8 Å². The monoisotopic (exact) mass is 313 g/mol. The molecule has 0 saturated carbocycles. The number of hydrogen-bond donors (Lipinski definition) is 1. The zero-order valence-electron chi connectivity index (χ0n) is 12.6. The summed E-state index contributed by atoms with van der Waals surface area (Å²) in [4.78, 5) is 17.9. The van der Waals surface area contributed by atoms with E-state index in [1.807, 2.05) is 6.26 Å². The van der Waals surface area contributed by atoms with Crippen LogP contribution in [0.3, 0.4) is 0 Å². The highest BCUT2D eigenvalue weighted by Crippen LogP contribution is 2.45. The summed E-state index contributed by atoms with van der Waals surface area (Å²) in [6.45, 7) is 4.42. The summed E-state index contributed by atoms with van der Waals surface area (Å²) in [6, 6.07) is 0. The number of carbonyl (C=O) groups excluding carboxylic acids is 1. The molecule has 1 saturated heterocycles. The number of rotatable bonds is 3. The Labute approximate surface area is 129 Å². The van der Waals surface area contributed by atoms with E-state index in [1.165, 1.54) is 17.8 Å². The first kappa shape index (κ1) is 15.5. The molecule has 0 spiro atoms. The highest BCUT2D eigenvalue weighted by molar-refractivity contribution is 7.99. The summed E-state index contributed by atoms with van der Waals surface area (Å²) in [5.41, 5.74) is 6.85. The van der Waals surface area contributed by atoms with Crippen LogP contribution in [0.5, 0.6) is 0 Å². The number of nitrogens with two attached hydrogens (primary N) is 1. The van der Waals surface area contributed by atoms with Crippen molar-refractivity contribution in [3.63, 3.8) is 0 Å². The van der Waals surface area contributed by atoms with Crippen molar-refractivity contribution in [2.75, 3.05) is 44.1 Å². The van der Waals surface area contributed by atoms with Crippen molar-refractivity contribution < 1.29 is 4.79 Å². The van der Waals surface area contributed by atoms with Gasteiger partial charge in [-0.25, -0.2) is 0 Å². The first-order valence-electron chi connectivity index (χ1n) is 6.88. The van der Waals surface area contributed by atoms with E-state index in [4.69, 9.17) is 5.73 Å². The number of nitrogens with zero attached hydrogens (tertiary/aromatic N) is 2. The van der Waals surface area contributed by atoms with Crippen LogP contribution in [0.2, 0.25) is 0 Å². The highest BCUT2D eigenvalue weighted by Gasteiger charge is 2.26. The molecular weight excluding hydrogens is 290 g/mol. The molecule has 1 amide bonds. The van der Waals surface area contributed by atoms with Crippen molar-refractivity contribution in [3.8, 4) is 0 Å². The molecule has 1 fully saturated rings. The molecular formula is C14H23N3OS2. The van der Waals surface area contributed by atoms with Crippen molar-refractivity contribution in [3.05, 3.63) is 4.88 Å². The van der Waals surface area contributed by atoms with E-state index in [-0.39, 0.29) is 5.91 Å². The van der Waals surface area contributed by atoms with Crippen LogP contribution >= 0.6 is 23.1 Å². The molecule has 112 valence electrons. The van der Waals surface area contributed by atoms with Gasteiger partial charge in [0.15, 0.2) is 0 Å². The molecule has 20 heavy (non-hydrogen) atoms. The normalized spacial score (nSPS) is 16.5. The number of thioether (sulfide) groups is 1. The second-order valence-electron chi connectivity index (χ2n) is 5.55. The number of nitrogen functional groups attached to an aromatic ring is 1. The minimum Gasteiger partial charge on any atom is -0.396 e. The zero-order chi connectivity index (χ0) is 14.9. The lowest BCUT2D eigenvalue weighted by molar-refractivity contribution is 0.0833. The number of anilines is 2. The molecule has 0 aromatic carbocycles. The van der Waals surface area contributed by atoms with Crippen molar-refractivity contribution in [1.29, 1.82) is 0 Å². The van der Waals surface area contributed by atoms with E-state index in [0.29, 0.717) is 10.6 Å². The van der Waals surface area contributed by atoms with Gasteiger partial charge < -0.3 is 15.5 Å². The fourth-order valence-electron chi connectivity index (χ4n) is 2.40. The standard InChI is InChI=1S/C14H23N3OS2/c1-9-5-7-17(8-6-9)14-12(19-4)10(15)11(20-14)13(18)16(2)3/h9H,5-8,15H2,1-4H3. The van der Waals surface area contributed by atoms with Crippen LogP contribution in [-0.4, -0.2) is 44.2 Å². The lowest BCUT2D eigenvalue weighted by atomic mass is 9.99. The van der Waals surface area contributed by atoms with Crippen molar-refractivity contribution in [2.24, 2.45) is 5.92 Å². The van der Waals surface area contributed by atoms with Gasteiger partial charge in [0.05, 0.1) is 10.6 Å². The van der Waals surface area contributed by atoms with E-state index in [9.17, 15) is 4.79 Å². The minimum absolute atomic E-state index is 0.000530. The smallest absolute Gasteiger partial charge is 0.265 e. The summed E-state index contributed by atoms with van der Waals surface area (Å²) in [7, 11) is 3.53. The maximum absolute atomic E-state index is 12.2. The van der Waals surface area contributed by atoms with Crippen molar-refractivity contribution in [2.45, 2.75) is 24.7 Å². The van der Waals surface area contributed by atoms with Gasteiger partial charge >= 0.3 is 0 Å². The molecule has 2 rings (SSSR count). The molecule has 1 aromatic heterocycles. The molecule has 4 nitrogen and oxygen atoms in total. The summed E-state index contributed by atoms with van der Waals surface area (Å²) in [5, 5.41) is 1.17. The summed E-state index contributed by atoms with van der Waals surface area (Å²) in [5.74, 6) is 0.795. The van der Waals surface area contributed by atoms with Gasteiger partial charge in [-0.15, -0.1) is 23.1 Å². The largest absolute Gasteiger partial charge is 0.396 e. The molecule has 2 heterocycles. The lowest BCUT2D eigenvalue weighted by Crippen LogP contribution is -2.32. The topological polar surface area (TPSA) is 49.6 Å². The lowest BCUT2D eigenvalue weighted by Gasteiger charge is -2.31. The first-order valence-corrected chi connectivity index (χ1v) is 8.92. The summed E-state index contributed by atoms with van der Waals surface area (Å²) < 4.78 is 0. The van der Waals surface area contributed by atoms with Crippen LogP contribution in [-0.2, 0) is 0 Å². The molecule has 1 aliphatic heterocycles. The van der Waals surface area contributed by atoms with Crippen LogP contribution in [0.25, 0.3) is 0 Å². The molecule has 0 radical (unpaired) electrons. The van der Waals surface area contributed by atoms with Gasteiger partial charge in [-0.3, -0.25) is 4.79 Å². The average molecular weight is 313 g/mol. The van der Waals surface area contributed by atoms with Gasteiger partial charge in [0, 0.05) is 27.2 Å². The SMILES string of the molecule is CSc1c(N2CCC(C)CC2)sc(C(=O)N(C)C)c1N. The van der Waals surface area contributed by atoms with E-state index in [0.717, 1.165) is 23.9 Å². The Bertz CT molecular complexity index is 491. The number of hydrogen-bond acceptors (Lipinski definition) is 5. The Morgan fingerprint density at radius 3 is 2.50 bits per heavy atom. The van der Waals surface area contributed by atoms with Gasteiger partial charge in [-0.05, 0) is 25.0 Å². The van der Waals surface area contributed by atoms with Gasteiger partial charge in [0.25, 0.3) is 5.91 Å². The predicted octanol–water partition coefficient (Wildman–Crippen LogP) is 2.99. The summed E-state index contributed by atoms with van der Waals surface area (Å²) in [6.07, 6.45) is 4.45. The molecule has 1 aliphatic rings. The Balaban J connectivity index is 2.33. The van der Waals surface area contributed by atoms with Crippen LogP contribution in [0.4, 0.5) is 10.7 Å². The molecule has 0 bridgehead atoms. The number of amides is 1. The molecule has 0 unspecified atom stereocenters. The molecule has 6 heteroatoms. The maximum atomic E-state index is 12.2. The van der Waals surface area contributed by atoms with Gasteiger partial charge in [0.2, 0.25) is 0 Å². The third-order valence-corrected chi connectivity index (χ3v) is 5.96. The maximum Gasteiger partial charge on any atom is 0.265 e. The predicted molar refractivity (Wildman–Crippen MR) is 89.1 cm³/mol. The van der Waals surface area contributed by atoms with E-state index < -0.39 is 0 Å². The first-order chi connectivity index (χ1) is 9.45. The van der Waals surface area contributed by atoms with Gasteiger partial charge in [-0.2, -0.15) is 0 Å². The van der Waals surface area contributed by atoms with Crippen LogP contribution in [0.1, 0.15) is 29.4 Å². The Morgan fingerprint density at radius 1 is 1.40 bits per heavy atom. The number of piperidine rings is 1. The second kappa shape index (κ2) is 6.26. The fraction of sp³-hybridized carbons (Fsp3) is 0.643. The van der Waals surface area contributed by atoms with Crippen LogP contribution in [0, 0.1) is 5.92 Å². The van der Waals surface area contributed by atoms with Gasteiger partial charge in [-0.1, -0.05) is 6.92 Å². The number of thiophene rings is 1. The highest BCUT2D eigenvalue weighted by atomic mass is 32.2. The minimum atomic E-state index is -0.000530. The molecule has 2 N–H and O–H groups in total. The average Bonchev–Trinajstić information content (AvgIpc) is 2.75.